The van der Waals surface area contributed by atoms with Gasteiger partial charge in [-0.2, -0.15) is 0 Å². The molecule has 0 aliphatic carbocycles. The number of fused-ring (bicyclic) bond motifs is 1. The van der Waals surface area contributed by atoms with Crippen molar-refractivity contribution in [3.63, 3.8) is 0 Å². The second kappa shape index (κ2) is 7.31. The molecule has 28 heavy (non-hydrogen) atoms. The average Bonchev–Trinajstić information content (AvgIpc) is 3.23. The maximum absolute atomic E-state index is 13.0. The predicted octanol–water partition coefficient (Wildman–Crippen LogP) is 4.21. The van der Waals surface area contributed by atoms with Gasteiger partial charge in [0.15, 0.2) is 0 Å². The number of hydrogen-bond acceptors (Lipinski definition) is 4. The number of para-hydroxylation sites is 2. The molecule has 0 N–H and O–H groups in total. The largest absolute Gasteiger partial charge is 0.351 e. The summed E-state index contributed by atoms with van der Waals surface area (Å²) in [6.45, 7) is 3.56. The maximum atomic E-state index is 13.0. The molecule has 0 saturated heterocycles. The molecule has 2 heterocycles. The highest BCUT2D eigenvalue weighted by Gasteiger charge is 2.38. The molecule has 0 saturated carbocycles. The third kappa shape index (κ3) is 3.07. The van der Waals surface area contributed by atoms with Gasteiger partial charge in [0.05, 0.1) is 12.2 Å². The van der Waals surface area contributed by atoms with E-state index in [0.29, 0.717) is 6.42 Å². The molecule has 2 atom stereocenters. The van der Waals surface area contributed by atoms with Gasteiger partial charge >= 0.3 is 0 Å². The van der Waals surface area contributed by atoms with E-state index in [-0.39, 0.29) is 29.7 Å². The molecule has 3 aromatic rings. The number of amides is 2. The zero-order chi connectivity index (χ0) is 19.7. The average molecular weight is 375 g/mol. The Labute approximate surface area is 163 Å². The summed E-state index contributed by atoms with van der Waals surface area (Å²) in [5, 5.41) is 3.65. The molecule has 6 nitrogen and oxygen atoms in total. The Balaban J connectivity index is 1.79. The number of hydrogen-bond donors (Lipinski definition) is 0. The van der Waals surface area contributed by atoms with Crippen LogP contribution in [0, 0.1) is 0 Å². The second-order valence-corrected chi connectivity index (χ2v) is 6.94. The first-order valence-corrected chi connectivity index (χ1v) is 9.26. The van der Waals surface area contributed by atoms with Crippen LogP contribution in [0.25, 0.3) is 0 Å². The van der Waals surface area contributed by atoms with Gasteiger partial charge in [0.1, 0.15) is 0 Å². The van der Waals surface area contributed by atoms with E-state index in [1.54, 1.807) is 17.9 Å². The third-order valence-electron chi connectivity index (χ3n) is 5.11. The summed E-state index contributed by atoms with van der Waals surface area (Å²) in [6, 6.07) is 18.6. The molecule has 2 aromatic carbocycles. The summed E-state index contributed by atoms with van der Waals surface area (Å²) in [5.41, 5.74) is 2.57. The molecule has 0 radical (unpaired) electrons. The molecule has 0 bridgehead atoms. The zero-order valence-corrected chi connectivity index (χ0v) is 15.8. The van der Waals surface area contributed by atoms with Gasteiger partial charge in [-0.15, -0.1) is 0 Å². The number of carbonyl (C=O) groups excluding carboxylic acids is 2. The van der Waals surface area contributed by atoms with E-state index in [4.69, 9.17) is 4.52 Å². The Morgan fingerprint density at radius 1 is 1.07 bits per heavy atom. The lowest BCUT2D eigenvalue weighted by molar-refractivity contribution is -0.117. The molecule has 2 amide bonds. The minimum Gasteiger partial charge on any atom is -0.351 e. The summed E-state index contributed by atoms with van der Waals surface area (Å²) in [7, 11) is 0. The highest BCUT2D eigenvalue weighted by Crippen LogP contribution is 2.42. The first kappa shape index (κ1) is 18.0. The van der Waals surface area contributed by atoms with Crippen LogP contribution in [0.2, 0.25) is 0 Å². The van der Waals surface area contributed by atoms with E-state index in [0.717, 1.165) is 16.9 Å². The molecule has 2 unspecified atom stereocenters. The van der Waals surface area contributed by atoms with Crippen molar-refractivity contribution in [3.8, 4) is 0 Å². The molecule has 1 aliphatic heterocycles. The van der Waals surface area contributed by atoms with Gasteiger partial charge in [-0.25, -0.2) is 0 Å². The van der Waals surface area contributed by atoms with Crippen LogP contribution in [0.1, 0.15) is 42.4 Å². The lowest BCUT2D eigenvalue weighted by atomic mass is 9.89. The van der Waals surface area contributed by atoms with E-state index in [1.807, 2.05) is 66.4 Å². The molecule has 1 aliphatic rings. The summed E-state index contributed by atoms with van der Waals surface area (Å²) < 4.78 is 5.09. The Bertz CT molecular complexity index is 985. The number of aromatic nitrogens is 1. The zero-order valence-electron chi connectivity index (χ0n) is 15.8. The fourth-order valence-electron chi connectivity index (χ4n) is 3.95. The molecule has 0 spiro atoms. The van der Waals surface area contributed by atoms with E-state index >= 15 is 0 Å². The molecule has 142 valence electrons. The second-order valence-electron chi connectivity index (χ2n) is 6.94. The van der Waals surface area contributed by atoms with Gasteiger partial charge in [0.2, 0.25) is 11.7 Å². The first-order chi connectivity index (χ1) is 13.6. The van der Waals surface area contributed by atoms with Crippen LogP contribution >= 0.6 is 0 Å². The van der Waals surface area contributed by atoms with Crippen molar-refractivity contribution in [3.05, 3.63) is 78.2 Å². The summed E-state index contributed by atoms with van der Waals surface area (Å²) >= 11 is 0. The highest BCUT2D eigenvalue weighted by molar-refractivity contribution is 6.05. The van der Waals surface area contributed by atoms with Crippen molar-refractivity contribution in [1.29, 1.82) is 0 Å². The van der Waals surface area contributed by atoms with Crippen LogP contribution in [0.5, 0.6) is 0 Å². The Morgan fingerprint density at radius 2 is 1.79 bits per heavy atom. The van der Waals surface area contributed by atoms with E-state index in [1.165, 1.54) is 6.20 Å². The normalized spacial score (nSPS) is 18.4. The number of benzene rings is 2. The standard InChI is InChI=1S/C22H21N3O3/c1-15-14-20(25(16(2)26)17-8-4-3-5-9-17)18-10-6-7-11-19(18)24(15)22(27)21-12-13-23-28-21/h3-13,15,20H,14H2,1-2H3. The third-order valence-corrected chi connectivity index (χ3v) is 5.11. The predicted molar refractivity (Wildman–Crippen MR) is 106 cm³/mol. The maximum Gasteiger partial charge on any atom is 0.297 e. The van der Waals surface area contributed by atoms with Crippen LogP contribution in [0.15, 0.2) is 71.4 Å². The summed E-state index contributed by atoms with van der Waals surface area (Å²) in [5.74, 6) is -0.0650. The fraction of sp³-hybridized carbons (Fsp3) is 0.227. The highest BCUT2D eigenvalue weighted by atomic mass is 16.5. The lowest BCUT2D eigenvalue weighted by Gasteiger charge is -2.43. The van der Waals surface area contributed by atoms with Gasteiger partial charge < -0.3 is 14.3 Å². The van der Waals surface area contributed by atoms with Gasteiger partial charge in [-0.3, -0.25) is 9.59 Å². The smallest absolute Gasteiger partial charge is 0.297 e. The number of rotatable bonds is 3. The van der Waals surface area contributed by atoms with Gasteiger partial charge in [-0.1, -0.05) is 41.6 Å². The Morgan fingerprint density at radius 3 is 2.46 bits per heavy atom. The van der Waals surface area contributed by atoms with E-state index in [9.17, 15) is 9.59 Å². The van der Waals surface area contributed by atoms with E-state index in [2.05, 4.69) is 5.16 Å². The lowest BCUT2D eigenvalue weighted by Crippen LogP contribution is -2.47. The van der Waals surface area contributed by atoms with Crippen LogP contribution in [0.3, 0.4) is 0 Å². The molecule has 0 fully saturated rings. The van der Waals surface area contributed by atoms with Crippen molar-refractivity contribution in [1.82, 2.24) is 5.16 Å². The van der Waals surface area contributed by atoms with Crippen LogP contribution < -0.4 is 9.80 Å². The quantitative estimate of drug-likeness (QED) is 0.688. The number of nitrogens with zero attached hydrogens (tertiary/aromatic N) is 3. The van der Waals surface area contributed by atoms with Crippen molar-refractivity contribution < 1.29 is 14.1 Å². The van der Waals surface area contributed by atoms with Crippen molar-refractivity contribution in [2.75, 3.05) is 9.80 Å². The Kier molecular flexibility index (Phi) is 4.69. The Hall–Kier alpha value is -3.41. The first-order valence-electron chi connectivity index (χ1n) is 9.26. The summed E-state index contributed by atoms with van der Waals surface area (Å²) in [6.07, 6.45) is 2.08. The molecule has 1 aromatic heterocycles. The number of anilines is 2. The molecular formula is C22H21N3O3. The monoisotopic (exact) mass is 375 g/mol. The van der Waals surface area contributed by atoms with Gasteiger partial charge in [0, 0.05) is 30.4 Å². The van der Waals surface area contributed by atoms with Crippen LogP contribution in [-0.4, -0.2) is 23.0 Å². The summed E-state index contributed by atoms with van der Waals surface area (Å²) in [4.78, 5) is 29.2. The topological polar surface area (TPSA) is 66.7 Å². The van der Waals surface area contributed by atoms with Gasteiger partial charge in [0.25, 0.3) is 5.91 Å². The van der Waals surface area contributed by atoms with E-state index < -0.39 is 0 Å². The fourth-order valence-corrected chi connectivity index (χ4v) is 3.95. The van der Waals surface area contributed by atoms with Crippen LogP contribution in [0.4, 0.5) is 11.4 Å². The van der Waals surface area contributed by atoms with Crippen molar-refractivity contribution in [2.45, 2.75) is 32.4 Å². The molecule has 6 heteroatoms. The minimum atomic E-state index is -0.231. The molecule has 4 rings (SSSR count). The van der Waals surface area contributed by atoms with Crippen molar-refractivity contribution >= 4 is 23.2 Å². The van der Waals surface area contributed by atoms with Crippen LogP contribution in [-0.2, 0) is 4.79 Å². The number of carbonyl (C=O) groups is 2. The SMILES string of the molecule is CC(=O)N(c1ccccc1)C1CC(C)N(C(=O)c2ccno2)c2ccccc21. The van der Waals surface area contributed by atoms with Gasteiger partial charge in [-0.05, 0) is 37.1 Å². The van der Waals surface area contributed by atoms with Crippen molar-refractivity contribution in [2.24, 2.45) is 0 Å². The molecular weight excluding hydrogens is 354 g/mol. The minimum absolute atomic E-state index is 0.0341.